The molecule has 0 spiro atoms. The van der Waals surface area contributed by atoms with Gasteiger partial charge in [0.1, 0.15) is 0 Å². The predicted octanol–water partition coefficient (Wildman–Crippen LogP) is 4.18. The van der Waals surface area contributed by atoms with Crippen LogP contribution >= 0.6 is 24.0 Å². The summed E-state index contributed by atoms with van der Waals surface area (Å²) in [7, 11) is 0. The largest absolute Gasteiger partial charge is 0.361 e. The van der Waals surface area contributed by atoms with E-state index in [9.17, 15) is 0 Å². The van der Waals surface area contributed by atoms with Gasteiger partial charge in [0.25, 0.3) is 0 Å². The van der Waals surface area contributed by atoms with Gasteiger partial charge in [-0.15, -0.1) is 11.8 Å². The zero-order chi connectivity index (χ0) is 14.9. The predicted molar refractivity (Wildman–Crippen MR) is 97.2 cm³/mol. The Hall–Kier alpha value is -1.52. The summed E-state index contributed by atoms with van der Waals surface area (Å²) in [5, 5.41) is 4.13. The molecular formula is C17H20N2S2. The standard InChI is InChI=1S/C17H20N2S2/c1-2-19(15-9-5-3-6-10-15)17(20)18-13-14-21-16-11-7-4-8-12-16/h3-12H,2,13-14H2,1H3,(H,18,20). The number of benzene rings is 2. The summed E-state index contributed by atoms with van der Waals surface area (Å²) in [5.74, 6) is 0.997. The Labute approximate surface area is 136 Å². The van der Waals surface area contributed by atoms with Crippen molar-refractivity contribution in [2.45, 2.75) is 11.8 Å². The zero-order valence-electron chi connectivity index (χ0n) is 12.2. The Morgan fingerprint density at radius 3 is 2.29 bits per heavy atom. The van der Waals surface area contributed by atoms with Gasteiger partial charge in [0, 0.05) is 29.4 Å². The second-order valence-corrected chi connectivity index (χ2v) is 6.03. The van der Waals surface area contributed by atoms with Crippen LogP contribution in [0.1, 0.15) is 6.92 Å². The quantitative estimate of drug-likeness (QED) is 0.488. The maximum atomic E-state index is 5.49. The lowest BCUT2D eigenvalue weighted by Crippen LogP contribution is -2.40. The number of para-hydroxylation sites is 1. The van der Waals surface area contributed by atoms with Crippen LogP contribution in [0.4, 0.5) is 5.69 Å². The van der Waals surface area contributed by atoms with Crippen molar-refractivity contribution >= 4 is 34.8 Å². The molecule has 2 aromatic carbocycles. The van der Waals surface area contributed by atoms with Gasteiger partial charge in [0.05, 0.1) is 0 Å². The van der Waals surface area contributed by atoms with E-state index in [1.807, 2.05) is 36.0 Å². The van der Waals surface area contributed by atoms with Crippen molar-refractivity contribution in [2.75, 3.05) is 23.7 Å². The first-order valence-corrected chi connectivity index (χ1v) is 8.49. The highest BCUT2D eigenvalue weighted by molar-refractivity contribution is 7.99. The molecule has 0 atom stereocenters. The molecule has 4 heteroatoms. The van der Waals surface area contributed by atoms with Crippen LogP contribution < -0.4 is 10.2 Å². The second-order valence-electron chi connectivity index (χ2n) is 4.47. The first-order chi connectivity index (χ1) is 10.3. The molecule has 0 unspecified atom stereocenters. The average molecular weight is 316 g/mol. The summed E-state index contributed by atoms with van der Waals surface area (Å²) in [6, 6.07) is 20.7. The third kappa shape index (κ3) is 5.06. The Morgan fingerprint density at radius 1 is 1.05 bits per heavy atom. The molecule has 0 bridgehead atoms. The van der Waals surface area contributed by atoms with Crippen LogP contribution in [-0.4, -0.2) is 24.0 Å². The van der Waals surface area contributed by atoms with Gasteiger partial charge in [0.15, 0.2) is 5.11 Å². The van der Waals surface area contributed by atoms with E-state index >= 15 is 0 Å². The van der Waals surface area contributed by atoms with Gasteiger partial charge >= 0.3 is 0 Å². The summed E-state index contributed by atoms with van der Waals surface area (Å²) in [6.07, 6.45) is 0. The number of thioether (sulfide) groups is 1. The fourth-order valence-corrected chi connectivity index (χ4v) is 3.12. The highest BCUT2D eigenvalue weighted by Gasteiger charge is 2.08. The van der Waals surface area contributed by atoms with Crippen LogP contribution in [0, 0.1) is 0 Å². The Kier molecular flexibility index (Phi) is 6.57. The minimum Gasteiger partial charge on any atom is -0.361 e. The topological polar surface area (TPSA) is 15.3 Å². The van der Waals surface area contributed by atoms with E-state index in [1.165, 1.54) is 4.90 Å². The molecule has 0 aliphatic rings. The fraction of sp³-hybridized carbons (Fsp3) is 0.235. The molecule has 1 N–H and O–H groups in total. The molecule has 2 nitrogen and oxygen atoms in total. The van der Waals surface area contributed by atoms with Crippen molar-refractivity contribution in [1.82, 2.24) is 5.32 Å². The molecule has 0 aliphatic carbocycles. The molecule has 0 amide bonds. The van der Waals surface area contributed by atoms with Gasteiger partial charge in [-0.25, -0.2) is 0 Å². The summed E-state index contributed by atoms with van der Waals surface area (Å²) >= 11 is 7.33. The molecule has 21 heavy (non-hydrogen) atoms. The monoisotopic (exact) mass is 316 g/mol. The van der Waals surface area contributed by atoms with Crippen LogP contribution in [0.5, 0.6) is 0 Å². The van der Waals surface area contributed by atoms with E-state index in [0.29, 0.717) is 0 Å². The van der Waals surface area contributed by atoms with E-state index in [4.69, 9.17) is 12.2 Å². The molecule has 2 aromatic rings. The third-order valence-corrected chi connectivity index (χ3v) is 4.40. The lowest BCUT2D eigenvalue weighted by molar-refractivity contribution is 0.935. The fourth-order valence-electron chi connectivity index (χ4n) is 1.99. The number of hydrogen-bond acceptors (Lipinski definition) is 2. The van der Waals surface area contributed by atoms with Crippen molar-refractivity contribution in [3.63, 3.8) is 0 Å². The summed E-state index contributed by atoms with van der Waals surface area (Å²) in [6.45, 7) is 3.84. The Bertz CT molecular complexity index is 543. The van der Waals surface area contributed by atoms with Gasteiger partial charge < -0.3 is 10.2 Å². The number of thiocarbonyl (C=S) groups is 1. The number of nitrogens with zero attached hydrogens (tertiary/aromatic N) is 1. The number of hydrogen-bond donors (Lipinski definition) is 1. The van der Waals surface area contributed by atoms with Crippen molar-refractivity contribution < 1.29 is 0 Å². The smallest absolute Gasteiger partial charge is 0.173 e. The maximum Gasteiger partial charge on any atom is 0.173 e. The van der Waals surface area contributed by atoms with E-state index in [2.05, 4.69) is 53.5 Å². The average Bonchev–Trinajstić information content (AvgIpc) is 2.54. The minimum atomic E-state index is 0.789. The minimum absolute atomic E-state index is 0.789. The van der Waals surface area contributed by atoms with Gasteiger partial charge in [-0.2, -0.15) is 0 Å². The first kappa shape index (κ1) is 15.9. The van der Waals surface area contributed by atoms with Crippen molar-refractivity contribution in [3.8, 4) is 0 Å². The van der Waals surface area contributed by atoms with E-state index in [0.717, 1.165) is 29.6 Å². The molecule has 2 rings (SSSR count). The molecule has 0 radical (unpaired) electrons. The van der Waals surface area contributed by atoms with Crippen LogP contribution in [0.2, 0.25) is 0 Å². The number of rotatable bonds is 6. The summed E-state index contributed by atoms with van der Waals surface area (Å²) in [4.78, 5) is 3.41. The van der Waals surface area contributed by atoms with Crippen LogP contribution in [0.25, 0.3) is 0 Å². The second kappa shape index (κ2) is 8.70. The normalized spacial score (nSPS) is 10.1. The van der Waals surface area contributed by atoms with Gasteiger partial charge in [-0.3, -0.25) is 0 Å². The van der Waals surface area contributed by atoms with Crippen LogP contribution in [0.3, 0.4) is 0 Å². The SMILES string of the molecule is CCN(C(=S)NCCSc1ccccc1)c1ccccc1. The molecule has 0 heterocycles. The van der Waals surface area contributed by atoms with E-state index in [1.54, 1.807) is 0 Å². The van der Waals surface area contributed by atoms with Crippen LogP contribution in [0.15, 0.2) is 65.6 Å². The zero-order valence-corrected chi connectivity index (χ0v) is 13.8. The molecular weight excluding hydrogens is 296 g/mol. The third-order valence-electron chi connectivity index (χ3n) is 3.02. The first-order valence-electron chi connectivity index (χ1n) is 7.09. The highest BCUT2D eigenvalue weighted by atomic mass is 32.2. The lowest BCUT2D eigenvalue weighted by Gasteiger charge is -2.24. The molecule has 0 saturated carbocycles. The van der Waals surface area contributed by atoms with Gasteiger partial charge in [0.2, 0.25) is 0 Å². The van der Waals surface area contributed by atoms with Crippen LogP contribution in [-0.2, 0) is 0 Å². The lowest BCUT2D eigenvalue weighted by atomic mass is 10.3. The molecule has 0 aliphatic heterocycles. The molecule has 0 saturated heterocycles. The van der Waals surface area contributed by atoms with Crippen molar-refractivity contribution in [1.29, 1.82) is 0 Å². The number of nitrogens with one attached hydrogen (secondary N) is 1. The summed E-state index contributed by atoms with van der Waals surface area (Å²) < 4.78 is 0. The van der Waals surface area contributed by atoms with Crippen molar-refractivity contribution in [3.05, 3.63) is 60.7 Å². The molecule has 110 valence electrons. The Balaban J connectivity index is 1.78. The molecule has 0 aromatic heterocycles. The maximum absolute atomic E-state index is 5.49. The Morgan fingerprint density at radius 2 is 1.67 bits per heavy atom. The van der Waals surface area contributed by atoms with Gasteiger partial charge in [-0.1, -0.05) is 36.4 Å². The molecule has 0 fully saturated rings. The number of anilines is 1. The van der Waals surface area contributed by atoms with E-state index < -0.39 is 0 Å². The van der Waals surface area contributed by atoms with Gasteiger partial charge in [-0.05, 0) is 43.4 Å². The van der Waals surface area contributed by atoms with Crippen molar-refractivity contribution in [2.24, 2.45) is 0 Å². The highest BCUT2D eigenvalue weighted by Crippen LogP contribution is 2.16. The summed E-state index contributed by atoms with van der Waals surface area (Å²) in [5.41, 5.74) is 1.13. The van der Waals surface area contributed by atoms with E-state index in [-0.39, 0.29) is 0 Å².